The van der Waals surface area contributed by atoms with Crippen LogP contribution in [0, 0.1) is 11.8 Å². The Kier molecular flexibility index (Phi) is 6.22. The third-order valence-corrected chi connectivity index (χ3v) is 2.86. The molecule has 0 atom stereocenters. The second-order valence-corrected chi connectivity index (χ2v) is 5.29. The lowest BCUT2D eigenvalue weighted by molar-refractivity contribution is -0.124. The quantitative estimate of drug-likeness (QED) is 0.733. The Morgan fingerprint density at radius 1 is 0.900 bits per heavy atom. The van der Waals surface area contributed by atoms with Gasteiger partial charge in [-0.3, -0.25) is 9.59 Å². The molecule has 4 nitrogen and oxygen atoms in total. The molecule has 0 unspecified atom stereocenters. The molecule has 0 saturated carbocycles. The number of Topliss-reactive ketones (excluding diaryl/α,β-unsaturated/α-hetero) is 2. The zero-order chi connectivity index (χ0) is 15.1. The van der Waals surface area contributed by atoms with Crippen molar-refractivity contribution in [2.45, 2.75) is 27.7 Å². The number of hydrogen-bond donors (Lipinski definition) is 0. The molecule has 110 valence electrons. The largest absolute Gasteiger partial charge is 0.486 e. The van der Waals surface area contributed by atoms with E-state index < -0.39 is 0 Å². The number of carbonyl (C=O) groups excluding carboxylic acids is 2. The molecule has 0 aromatic heterocycles. The van der Waals surface area contributed by atoms with Gasteiger partial charge < -0.3 is 9.47 Å². The Morgan fingerprint density at radius 2 is 1.30 bits per heavy atom. The molecule has 4 heteroatoms. The van der Waals surface area contributed by atoms with Gasteiger partial charge in [-0.1, -0.05) is 33.8 Å². The Bertz CT molecular complexity index is 424. The predicted molar refractivity (Wildman–Crippen MR) is 77.1 cm³/mol. The minimum absolute atomic E-state index is 0.0434. The normalized spacial score (nSPS) is 10.7. The third kappa shape index (κ3) is 5.43. The lowest BCUT2D eigenvalue weighted by Gasteiger charge is -2.10. The van der Waals surface area contributed by atoms with Gasteiger partial charge in [0.1, 0.15) is 24.7 Å². The molecule has 0 aliphatic heterocycles. The standard InChI is InChI=1S/C16H22O4/c1-11(2)15(17)9-19-13-6-5-7-14(8-13)20-10-16(18)12(3)4/h5-8,11-12H,9-10H2,1-4H3. The first-order chi connectivity index (χ1) is 9.40. The van der Waals surface area contributed by atoms with Crippen molar-refractivity contribution in [3.05, 3.63) is 24.3 Å². The topological polar surface area (TPSA) is 52.6 Å². The van der Waals surface area contributed by atoms with Crippen LogP contribution in [0.3, 0.4) is 0 Å². The highest BCUT2D eigenvalue weighted by molar-refractivity contribution is 5.82. The fourth-order valence-electron chi connectivity index (χ4n) is 1.30. The van der Waals surface area contributed by atoms with Gasteiger partial charge >= 0.3 is 0 Å². The second-order valence-electron chi connectivity index (χ2n) is 5.29. The van der Waals surface area contributed by atoms with Crippen molar-refractivity contribution in [3.63, 3.8) is 0 Å². The van der Waals surface area contributed by atoms with E-state index in [1.165, 1.54) is 0 Å². The lowest BCUT2D eigenvalue weighted by Crippen LogP contribution is -2.17. The molecule has 0 aliphatic rings. The van der Waals surface area contributed by atoms with E-state index in [0.717, 1.165) is 0 Å². The Balaban J connectivity index is 2.53. The van der Waals surface area contributed by atoms with Crippen molar-refractivity contribution in [2.24, 2.45) is 11.8 Å². The lowest BCUT2D eigenvalue weighted by atomic mass is 10.1. The molecule has 0 bridgehead atoms. The van der Waals surface area contributed by atoms with Crippen LogP contribution in [-0.4, -0.2) is 24.8 Å². The van der Waals surface area contributed by atoms with Crippen LogP contribution in [0.4, 0.5) is 0 Å². The van der Waals surface area contributed by atoms with Crippen molar-refractivity contribution >= 4 is 11.6 Å². The maximum absolute atomic E-state index is 11.5. The van der Waals surface area contributed by atoms with Crippen LogP contribution in [-0.2, 0) is 9.59 Å². The molecule has 0 fully saturated rings. The molecular formula is C16H22O4. The van der Waals surface area contributed by atoms with Crippen LogP contribution < -0.4 is 9.47 Å². The zero-order valence-electron chi connectivity index (χ0n) is 12.5. The Hall–Kier alpha value is -1.84. The summed E-state index contributed by atoms with van der Waals surface area (Å²) in [7, 11) is 0. The molecule has 0 saturated heterocycles. The maximum Gasteiger partial charge on any atom is 0.172 e. The number of hydrogen-bond acceptors (Lipinski definition) is 4. The molecule has 0 heterocycles. The number of ether oxygens (including phenoxy) is 2. The van der Waals surface area contributed by atoms with Crippen molar-refractivity contribution in [1.29, 1.82) is 0 Å². The summed E-state index contributed by atoms with van der Waals surface area (Å²) in [6.45, 7) is 7.44. The monoisotopic (exact) mass is 278 g/mol. The van der Waals surface area contributed by atoms with Crippen molar-refractivity contribution < 1.29 is 19.1 Å². The summed E-state index contributed by atoms with van der Waals surface area (Å²) in [4.78, 5) is 23.0. The molecule has 1 aromatic rings. The van der Waals surface area contributed by atoms with Gasteiger partial charge in [0.2, 0.25) is 0 Å². The van der Waals surface area contributed by atoms with Gasteiger partial charge in [-0.15, -0.1) is 0 Å². The molecule has 20 heavy (non-hydrogen) atoms. The van der Waals surface area contributed by atoms with E-state index in [1.807, 2.05) is 27.7 Å². The van der Waals surface area contributed by atoms with E-state index in [-0.39, 0.29) is 36.6 Å². The van der Waals surface area contributed by atoms with Crippen LogP contribution in [0.15, 0.2) is 24.3 Å². The highest BCUT2D eigenvalue weighted by Gasteiger charge is 2.10. The van der Waals surface area contributed by atoms with Crippen LogP contribution >= 0.6 is 0 Å². The van der Waals surface area contributed by atoms with Gasteiger partial charge in [0.05, 0.1) is 0 Å². The number of ketones is 2. The first-order valence-electron chi connectivity index (χ1n) is 6.81. The van der Waals surface area contributed by atoms with Gasteiger partial charge in [-0.05, 0) is 12.1 Å². The summed E-state index contributed by atoms with van der Waals surface area (Å²) in [6.07, 6.45) is 0. The van der Waals surface area contributed by atoms with Crippen LogP contribution in [0.2, 0.25) is 0 Å². The molecule has 1 rings (SSSR count). The molecular weight excluding hydrogens is 256 g/mol. The van der Waals surface area contributed by atoms with E-state index in [0.29, 0.717) is 11.5 Å². The maximum atomic E-state index is 11.5. The van der Waals surface area contributed by atoms with E-state index in [4.69, 9.17) is 9.47 Å². The predicted octanol–water partition coefficient (Wildman–Crippen LogP) is 2.89. The molecule has 0 radical (unpaired) electrons. The highest BCUT2D eigenvalue weighted by atomic mass is 16.5. The van der Waals surface area contributed by atoms with Gasteiger partial charge in [0, 0.05) is 17.9 Å². The molecule has 0 spiro atoms. The Morgan fingerprint density at radius 3 is 1.65 bits per heavy atom. The summed E-state index contributed by atoms with van der Waals surface area (Å²) in [5, 5.41) is 0. The van der Waals surface area contributed by atoms with Gasteiger partial charge in [0.25, 0.3) is 0 Å². The molecule has 1 aromatic carbocycles. The van der Waals surface area contributed by atoms with E-state index in [1.54, 1.807) is 24.3 Å². The molecule has 0 amide bonds. The van der Waals surface area contributed by atoms with Crippen molar-refractivity contribution in [2.75, 3.05) is 13.2 Å². The summed E-state index contributed by atoms with van der Waals surface area (Å²) >= 11 is 0. The fourth-order valence-corrected chi connectivity index (χ4v) is 1.30. The van der Waals surface area contributed by atoms with Gasteiger partial charge in [-0.2, -0.15) is 0 Å². The minimum Gasteiger partial charge on any atom is -0.486 e. The van der Waals surface area contributed by atoms with Gasteiger partial charge in [-0.25, -0.2) is 0 Å². The van der Waals surface area contributed by atoms with E-state index >= 15 is 0 Å². The first-order valence-corrected chi connectivity index (χ1v) is 6.81. The third-order valence-electron chi connectivity index (χ3n) is 2.86. The summed E-state index contributed by atoms with van der Waals surface area (Å²) < 4.78 is 10.8. The zero-order valence-corrected chi connectivity index (χ0v) is 12.5. The number of rotatable bonds is 8. The van der Waals surface area contributed by atoms with Gasteiger partial charge in [0.15, 0.2) is 11.6 Å². The smallest absolute Gasteiger partial charge is 0.172 e. The van der Waals surface area contributed by atoms with Crippen LogP contribution in [0.5, 0.6) is 11.5 Å². The van der Waals surface area contributed by atoms with Crippen molar-refractivity contribution in [1.82, 2.24) is 0 Å². The van der Waals surface area contributed by atoms with E-state index in [9.17, 15) is 9.59 Å². The number of carbonyl (C=O) groups is 2. The summed E-state index contributed by atoms with van der Waals surface area (Å²) in [5.74, 6) is 1.13. The summed E-state index contributed by atoms with van der Waals surface area (Å²) in [6, 6.07) is 6.96. The average molecular weight is 278 g/mol. The highest BCUT2D eigenvalue weighted by Crippen LogP contribution is 2.19. The second kappa shape index (κ2) is 7.68. The SMILES string of the molecule is CC(C)C(=O)COc1cccc(OCC(=O)C(C)C)c1. The first kappa shape index (κ1) is 16.2. The van der Waals surface area contributed by atoms with E-state index in [2.05, 4.69) is 0 Å². The van der Waals surface area contributed by atoms with Crippen LogP contribution in [0.25, 0.3) is 0 Å². The molecule has 0 aliphatic carbocycles. The fraction of sp³-hybridized carbons (Fsp3) is 0.500. The minimum atomic E-state index is -0.0434. The average Bonchev–Trinajstić information content (AvgIpc) is 2.42. The summed E-state index contributed by atoms with van der Waals surface area (Å²) in [5.41, 5.74) is 0. The number of benzene rings is 1. The van der Waals surface area contributed by atoms with Crippen molar-refractivity contribution in [3.8, 4) is 11.5 Å². The van der Waals surface area contributed by atoms with Crippen LogP contribution in [0.1, 0.15) is 27.7 Å². The molecule has 0 N–H and O–H groups in total. The Labute approximate surface area is 120 Å².